The van der Waals surface area contributed by atoms with Crippen LogP contribution >= 0.6 is 0 Å². The van der Waals surface area contributed by atoms with E-state index in [0.29, 0.717) is 18.1 Å². The van der Waals surface area contributed by atoms with E-state index in [9.17, 15) is 4.79 Å². The van der Waals surface area contributed by atoms with Crippen LogP contribution in [-0.4, -0.2) is 17.9 Å². The summed E-state index contributed by atoms with van der Waals surface area (Å²) < 4.78 is 5.47. The highest BCUT2D eigenvalue weighted by atomic mass is 16.5. The van der Waals surface area contributed by atoms with Gasteiger partial charge in [-0.3, -0.25) is 4.79 Å². The normalized spacial score (nSPS) is 10.6. The van der Waals surface area contributed by atoms with Gasteiger partial charge in [-0.05, 0) is 24.1 Å². The molecule has 3 heteroatoms. The molecule has 0 atom stereocenters. The van der Waals surface area contributed by atoms with E-state index in [1.165, 1.54) is 0 Å². The van der Waals surface area contributed by atoms with Gasteiger partial charge in [0.25, 0.3) is 0 Å². The smallest absolute Gasteiger partial charge is 0.213 e. The maximum atomic E-state index is 10.5. The highest BCUT2D eigenvalue weighted by molar-refractivity contribution is 5.75. The average molecular weight is 253 g/mol. The summed E-state index contributed by atoms with van der Waals surface area (Å²) >= 11 is 0. The van der Waals surface area contributed by atoms with E-state index in [1.54, 1.807) is 18.3 Å². The Morgan fingerprint density at radius 2 is 1.84 bits per heavy atom. The zero-order valence-electron chi connectivity index (χ0n) is 10.7. The Morgan fingerprint density at radius 3 is 2.47 bits per heavy atom. The van der Waals surface area contributed by atoms with Crippen LogP contribution in [0.4, 0.5) is 0 Å². The third kappa shape index (κ3) is 4.07. The molecule has 0 saturated heterocycles. The molecule has 0 aliphatic carbocycles. The van der Waals surface area contributed by atoms with Gasteiger partial charge in [-0.25, -0.2) is 4.98 Å². The van der Waals surface area contributed by atoms with Crippen molar-refractivity contribution >= 4 is 12.4 Å². The highest BCUT2D eigenvalue weighted by Crippen LogP contribution is 2.07. The van der Waals surface area contributed by atoms with Crippen molar-refractivity contribution in [1.82, 2.24) is 4.98 Å². The van der Waals surface area contributed by atoms with Gasteiger partial charge in [-0.1, -0.05) is 36.4 Å². The third-order valence-corrected chi connectivity index (χ3v) is 2.59. The van der Waals surface area contributed by atoms with Crippen molar-refractivity contribution in [2.45, 2.75) is 6.92 Å². The lowest BCUT2D eigenvalue weighted by atomic mass is 10.1. The molecular formula is C16H15NO2. The standard InChI is InChI=1S/C16H15NO2/c1-13-4-9-16(17-11-13)19-10-2-3-14-5-7-15(12-18)8-6-14/h2-9,11-12H,10H2,1H3/b3-2+. The van der Waals surface area contributed by atoms with Crippen LogP contribution in [0.25, 0.3) is 6.08 Å². The van der Waals surface area contributed by atoms with Gasteiger partial charge in [0.2, 0.25) is 5.88 Å². The summed E-state index contributed by atoms with van der Waals surface area (Å²) in [5, 5.41) is 0. The van der Waals surface area contributed by atoms with Crippen LogP contribution in [0.3, 0.4) is 0 Å². The lowest BCUT2D eigenvalue weighted by Crippen LogP contribution is -1.95. The number of hydrogen-bond donors (Lipinski definition) is 0. The van der Waals surface area contributed by atoms with Gasteiger partial charge < -0.3 is 4.74 Å². The Labute approximate surface area is 112 Å². The van der Waals surface area contributed by atoms with Gasteiger partial charge >= 0.3 is 0 Å². The van der Waals surface area contributed by atoms with Crippen LogP contribution in [0.5, 0.6) is 5.88 Å². The number of ether oxygens (including phenoxy) is 1. The van der Waals surface area contributed by atoms with E-state index in [-0.39, 0.29) is 0 Å². The second-order valence-corrected chi connectivity index (χ2v) is 4.17. The van der Waals surface area contributed by atoms with Crippen LogP contribution in [0.15, 0.2) is 48.7 Å². The molecule has 0 aliphatic heterocycles. The predicted octanol–water partition coefficient (Wildman–Crippen LogP) is 3.29. The summed E-state index contributed by atoms with van der Waals surface area (Å²) in [4.78, 5) is 14.7. The number of aromatic nitrogens is 1. The van der Waals surface area contributed by atoms with E-state index < -0.39 is 0 Å². The quantitative estimate of drug-likeness (QED) is 0.767. The molecule has 2 rings (SSSR count). The number of pyridine rings is 1. The van der Waals surface area contributed by atoms with Crippen molar-refractivity contribution < 1.29 is 9.53 Å². The van der Waals surface area contributed by atoms with Gasteiger partial charge in [-0.2, -0.15) is 0 Å². The van der Waals surface area contributed by atoms with E-state index in [2.05, 4.69) is 4.98 Å². The Balaban J connectivity index is 1.85. The molecule has 0 unspecified atom stereocenters. The molecule has 0 bridgehead atoms. The number of benzene rings is 1. The van der Waals surface area contributed by atoms with E-state index in [1.807, 2.05) is 43.3 Å². The number of carbonyl (C=O) groups excluding carboxylic acids is 1. The first-order chi connectivity index (χ1) is 9.28. The molecule has 2 aromatic rings. The molecule has 0 amide bonds. The number of hydrogen-bond acceptors (Lipinski definition) is 3. The van der Waals surface area contributed by atoms with Crippen molar-refractivity contribution in [3.05, 3.63) is 65.4 Å². The Bertz CT molecular complexity index is 556. The second-order valence-electron chi connectivity index (χ2n) is 4.17. The van der Waals surface area contributed by atoms with E-state index >= 15 is 0 Å². The summed E-state index contributed by atoms with van der Waals surface area (Å²) in [6.07, 6.45) is 6.47. The molecule has 1 aromatic carbocycles. The number of carbonyl (C=O) groups is 1. The molecule has 96 valence electrons. The van der Waals surface area contributed by atoms with Crippen molar-refractivity contribution in [3.63, 3.8) is 0 Å². The molecule has 3 nitrogen and oxygen atoms in total. The fourth-order valence-electron chi connectivity index (χ4n) is 1.54. The minimum Gasteiger partial charge on any atom is -0.473 e. The topological polar surface area (TPSA) is 39.2 Å². The number of rotatable bonds is 5. The second kappa shape index (κ2) is 6.50. The molecular weight excluding hydrogens is 238 g/mol. The van der Waals surface area contributed by atoms with Crippen molar-refractivity contribution in [1.29, 1.82) is 0 Å². The summed E-state index contributed by atoms with van der Waals surface area (Å²) in [7, 11) is 0. The summed E-state index contributed by atoms with van der Waals surface area (Å²) in [5.41, 5.74) is 2.82. The zero-order valence-corrected chi connectivity index (χ0v) is 10.7. The van der Waals surface area contributed by atoms with Gasteiger partial charge in [0.1, 0.15) is 12.9 Å². The maximum Gasteiger partial charge on any atom is 0.213 e. The third-order valence-electron chi connectivity index (χ3n) is 2.59. The molecule has 0 spiro atoms. The van der Waals surface area contributed by atoms with Gasteiger partial charge in [0.15, 0.2) is 0 Å². The molecule has 0 radical (unpaired) electrons. The van der Waals surface area contributed by atoms with Crippen LogP contribution < -0.4 is 4.74 Å². The highest BCUT2D eigenvalue weighted by Gasteiger charge is 1.92. The van der Waals surface area contributed by atoms with Crippen LogP contribution in [0, 0.1) is 6.92 Å². The van der Waals surface area contributed by atoms with Gasteiger partial charge in [0, 0.05) is 17.8 Å². The Hall–Kier alpha value is -2.42. The van der Waals surface area contributed by atoms with Crippen molar-refractivity contribution in [2.24, 2.45) is 0 Å². The number of nitrogens with zero attached hydrogens (tertiary/aromatic N) is 1. The van der Waals surface area contributed by atoms with Gasteiger partial charge in [-0.15, -0.1) is 0 Å². The monoisotopic (exact) mass is 253 g/mol. The zero-order chi connectivity index (χ0) is 13.5. The largest absolute Gasteiger partial charge is 0.473 e. The Morgan fingerprint density at radius 1 is 1.11 bits per heavy atom. The summed E-state index contributed by atoms with van der Waals surface area (Å²) in [5.74, 6) is 0.617. The van der Waals surface area contributed by atoms with Crippen LogP contribution in [-0.2, 0) is 0 Å². The summed E-state index contributed by atoms with van der Waals surface area (Å²) in [6.45, 7) is 2.45. The van der Waals surface area contributed by atoms with Crippen molar-refractivity contribution in [2.75, 3.05) is 6.61 Å². The first-order valence-corrected chi connectivity index (χ1v) is 6.05. The maximum absolute atomic E-state index is 10.5. The van der Waals surface area contributed by atoms with Gasteiger partial charge in [0.05, 0.1) is 0 Å². The SMILES string of the molecule is Cc1ccc(OC/C=C/c2ccc(C=O)cc2)nc1. The van der Waals surface area contributed by atoms with Crippen LogP contribution in [0.2, 0.25) is 0 Å². The van der Waals surface area contributed by atoms with Crippen LogP contribution in [0.1, 0.15) is 21.5 Å². The van der Waals surface area contributed by atoms with E-state index in [0.717, 1.165) is 17.4 Å². The predicted molar refractivity (Wildman–Crippen MR) is 75.3 cm³/mol. The lowest BCUT2D eigenvalue weighted by molar-refractivity contribution is 0.112. The Kier molecular flexibility index (Phi) is 4.45. The first-order valence-electron chi connectivity index (χ1n) is 6.05. The average Bonchev–Trinajstić information content (AvgIpc) is 2.46. The lowest BCUT2D eigenvalue weighted by Gasteiger charge is -2.01. The molecule has 0 N–H and O–H groups in total. The minimum atomic E-state index is 0.464. The molecule has 19 heavy (non-hydrogen) atoms. The fraction of sp³-hybridized carbons (Fsp3) is 0.125. The molecule has 1 heterocycles. The molecule has 0 fully saturated rings. The fourth-order valence-corrected chi connectivity index (χ4v) is 1.54. The van der Waals surface area contributed by atoms with E-state index in [4.69, 9.17) is 4.74 Å². The molecule has 0 aliphatic rings. The molecule has 1 aromatic heterocycles. The minimum absolute atomic E-state index is 0.464. The first kappa shape index (κ1) is 13.0. The molecule has 0 saturated carbocycles. The van der Waals surface area contributed by atoms with Crippen molar-refractivity contribution in [3.8, 4) is 5.88 Å². The number of aldehydes is 1. The summed E-state index contributed by atoms with van der Waals surface area (Å²) in [6, 6.07) is 11.2. The number of aryl methyl sites for hydroxylation is 1.